The van der Waals surface area contributed by atoms with Crippen LogP contribution in [-0.2, 0) is 31.9 Å². The number of aromatic nitrogens is 6. The summed E-state index contributed by atoms with van der Waals surface area (Å²) in [7, 11) is 0. The molecule has 2 saturated heterocycles. The third-order valence-corrected chi connectivity index (χ3v) is 11.1. The number of morpholine rings is 1. The van der Waals surface area contributed by atoms with Crippen LogP contribution in [-0.4, -0.2) is 81.2 Å². The standard InChI is InChI=1S/C20H20N4O2S.C19H19N5O2S/c25-20(11-16-2-3-18(27-16)14-5-9-26-10-6-14)24-19-4-1-15(12-23-19)17-13-21-7-8-22-17;25-18(11-15-2-4-19(27-15)24-7-9-26-10-8-24)23-17-3-1-14(12-22-17)16-13-20-5-6-21-16/h1-4,7-8,12-14H,5-6,9-11H2,(H,23,24,25);1-6,12-13H,7-11H2,(H,22,23,25). The maximum atomic E-state index is 12.3. The number of hydrogen-bond donors (Lipinski definition) is 2. The summed E-state index contributed by atoms with van der Waals surface area (Å²) in [6.07, 6.45) is 16.1. The quantitative estimate of drug-likeness (QED) is 0.162. The molecule has 8 heterocycles. The smallest absolute Gasteiger partial charge is 0.230 e. The van der Waals surface area contributed by atoms with Crippen molar-refractivity contribution in [3.05, 3.63) is 113 Å². The number of hydrogen-bond acceptors (Lipinski definition) is 13. The van der Waals surface area contributed by atoms with Crippen LogP contribution in [0.15, 0.2) is 98.1 Å². The Kier molecular flexibility index (Phi) is 12.6. The second kappa shape index (κ2) is 18.5. The average Bonchev–Trinajstić information content (AvgIpc) is 3.90. The molecule has 0 saturated carbocycles. The molecule has 0 radical (unpaired) electrons. The molecule has 54 heavy (non-hydrogen) atoms. The fraction of sp³-hybridized carbons (Fsp3) is 0.282. The van der Waals surface area contributed by atoms with E-state index in [0.29, 0.717) is 30.4 Å². The Balaban J connectivity index is 0.000000167. The first-order chi connectivity index (χ1) is 26.6. The molecule has 2 N–H and O–H groups in total. The normalized spacial score (nSPS) is 14.5. The predicted molar refractivity (Wildman–Crippen MR) is 210 cm³/mol. The summed E-state index contributed by atoms with van der Waals surface area (Å²) >= 11 is 3.38. The molecular formula is C39H39N9O4S2. The molecule has 6 aromatic rings. The van der Waals surface area contributed by atoms with Gasteiger partial charge in [0.25, 0.3) is 0 Å². The van der Waals surface area contributed by atoms with E-state index < -0.39 is 0 Å². The van der Waals surface area contributed by atoms with Crippen molar-refractivity contribution in [3.8, 4) is 22.5 Å². The van der Waals surface area contributed by atoms with Crippen LogP contribution in [0, 0.1) is 0 Å². The van der Waals surface area contributed by atoms with Gasteiger partial charge in [0.05, 0.1) is 54.8 Å². The minimum Gasteiger partial charge on any atom is -0.381 e. The molecule has 0 spiro atoms. The highest BCUT2D eigenvalue weighted by Crippen LogP contribution is 2.32. The molecule has 276 valence electrons. The van der Waals surface area contributed by atoms with E-state index in [1.54, 1.807) is 84.4 Å². The van der Waals surface area contributed by atoms with Gasteiger partial charge in [0.1, 0.15) is 11.6 Å². The zero-order valence-corrected chi connectivity index (χ0v) is 31.1. The Labute approximate surface area is 320 Å². The Bertz CT molecular complexity index is 1930. The lowest BCUT2D eigenvalue weighted by atomic mass is 9.99. The molecule has 2 fully saturated rings. The Morgan fingerprint density at radius 3 is 1.72 bits per heavy atom. The summed E-state index contributed by atoms with van der Waals surface area (Å²) in [6.45, 7) is 4.96. The molecule has 6 aromatic heterocycles. The largest absolute Gasteiger partial charge is 0.381 e. The van der Waals surface area contributed by atoms with Gasteiger partial charge in [0.2, 0.25) is 11.8 Å². The molecule has 0 atom stereocenters. The fourth-order valence-electron chi connectivity index (χ4n) is 5.93. The van der Waals surface area contributed by atoms with Crippen molar-refractivity contribution in [1.29, 1.82) is 0 Å². The van der Waals surface area contributed by atoms with Crippen molar-refractivity contribution in [2.75, 3.05) is 55.1 Å². The number of carbonyl (C=O) groups is 2. The maximum Gasteiger partial charge on any atom is 0.230 e. The molecular weight excluding hydrogens is 723 g/mol. The summed E-state index contributed by atoms with van der Waals surface area (Å²) in [4.78, 5) is 55.6. The highest BCUT2D eigenvalue weighted by Gasteiger charge is 2.19. The van der Waals surface area contributed by atoms with Crippen LogP contribution in [0.1, 0.15) is 33.4 Å². The van der Waals surface area contributed by atoms with E-state index >= 15 is 0 Å². The summed E-state index contributed by atoms with van der Waals surface area (Å²) < 4.78 is 10.8. The van der Waals surface area contributed by atoms with E-state index in [2.05, 4.69) is 63.6 Å². The van der Waals surface area contributed by atoms with Crippen LogP contribution in [0.3, 0.4) is 0 Å². The average molecular weight is 762 g/mol. The van der Waals surface area contributed by atoms with Gasteiger partial charge in [0.15, 0.2) is 0 Å². The third-order valence-electron chi connectivity index (χ3n) is 8.73. The molecule has 13 nitrogen and oxygen atoms in total. The maximum absolute atomic E-state index is 12.3. The highest BCUT2D eigenvalue weighted by molar-refractivity contribution is 7.16. The van der Waals surface area contributed by atoms with Crippen molar-refractivity contribution in [3.63, 3.8) is 0 Å². The van der Waals surface area contributed by atoms with E-state index in [0.717, 1.165) is 84.6 Å². The van der Waals surface area contributed by atoms with E-state index in [4.69, 9.17) is 9.47 Å². The van der Waals surface area contributed by atoms with Crippen LogP contribution in [0.4, 0.5) is 16.6 Å². The van der Waals surface area contributed by atoms with Crippen molar-refractivity contribution in [2.24, 2.45) is 0 Å². The summed E-state index contributed by atoms with van der Waals surface area (Å²) in [5, 5.41) is 6.89. The fourth-order valence-corrected chi connectivity index (χ4v) is 8.17. The molecule has 2 aliphatic rings. The molecule has 2 amide bonds. The van der Waals surface area contributed by atoms with E-state index in [9.17, 15) is 9.59 Å². The van der Waals surface area contributed by atoms with Crippen molar-refractivity contribution in [2.45, 2.75) is 31.6 Å². The van der Waals surface area contributed by atoms with Crippen LogP contribution in [0.5, 0.6) is 0 Å². The molecule has 0 aliphatic carbocycles. The highest BCUT2D eigenvalue weighted by atomic mass is 32.1. The van der Waals surface area contributed by atoms with Crippen LogP contribution in [0.2, 0.25) is 0 Å². The number of pyridine rings is 2. The zero-order valence-electron chi connectivity index (χ0n) is 29.5. The van der Waals surface area contributed by atoms with Gasteiger partial charge in [-0.1, -0.05) is 0 Å². The van der Waals surface area contributed by atoms with E-state index in [1.165, 1.54) is 9.88 Å². The van der Waals surface area contributed by atoms with Gasteiger partial charge in [-0.05, 0) is 67.3 Å². The van der Waals surface area contributed by atoms with Crippen molar-refractivity contribution >= 4 is 51.1 Å². The van der Waals surface area contributed by atoms with Crippen LogP contribution >= 0.6 is 22.7 Å². The first-order valence-electron chi connectivity index (χ1n) is 17.7. The number of carbonyl (C=O) groups excluding carboxylic acids is 2. The molecule has 15 heteroatoms. The molecule has 2 aliphatic heterocycles. The van der Waals surface area contributed by atoms with Gasteiger partial charge < -0.3 is 25.0 Å². The Morgan fingerprint density at radius 2 is 1.19 bits per heavy atom. The van der Waals surface area contributed by atoms with Gasteiger partial charge in [-0.2, -0.15) is 0 Å². The number of nitrogens with zero attached hydrogens (tertiary/aromatic N) is 7. The third kappa shape index (κ3) is 10.3. The van der Waals surface area contributed by atoms with Gasteiger partial charge in [-0.15, -0.1) is 22.7 Å². The van der Waals surface area contributed by atoms with Gasteiger partial charge in [0, 0.05) is 89.2 Å². The zero-order chi connectivity index (χ0) is 37.0. The van der Waals surface area contributed by atoms with Gasteiger partial charge in [-0.3, -0.25) is 29.5 Å². The van der Waals surface area contributed by atoms with Crippen LogP contribution in [0.25, 0.3) is 22.5 Å². The van der Waals surface area contributed by atoms with Gasteiger partial charge in [-0.25, -0.2) is 9.97 Å². The number of anilines is 3. The SMILES string of the molecule is O=C(Cc1ccc(C2CCOCC2)s1)Nc1ccc(-c2cnccn2)cn1.O=C(Cc1ccc(N2CCOCC2)s1)Nc1ccc(-c2cnccn2)cn1. The Morgan fingerprint density at radius 1 is 0.630 bits per heavy atom. The molecule has 0 unspecified atom stereocenters. The second-order valence-corrected chi connectivity index (χ2v) is 14.9. The topological polar surface area (TPSA) is 157 Å². The summed E-state index contributed by atoms with van der Waals surface area (Å²) in [5.41, 5.74) is 3.22. The summed E-state index contributed by atoms with van der Waals surface area (Å²) in [5.74, 6) is 1.49. The minimum atomic E-state index is -0.0786. The minimum absolute atomic E-state index is 0.0601. The lowest BCUT2D eigenvalue weighted by Crippen LogP contribution is -2.35. The van der Waals surface area contributed by atoms with Crippen molar-refractivity contribution < 1.29 is 19.1 Å². The number of ether oxygens (including phenoxy) is 2. The van der Waals surface area contributed by atoms with Crippen molar-refractivity contribution in [1.82, 2.24) is 29.9 Å². The predicted octanol–water partition coefficient (Wildman–Crippen LogP) is 6.29. The second-order valence-electron chi connectivity index (χ2n) is 12.5. The van der Waals surface area contributed by atoms with E-state index in [-0.39, 0.29) is 11.8 Å². The monoisotopic (exact) mass is 761 g/mol. The number of amides is 2. The number of rotatable bonds is 10. The number of nitrogens with one attached hydrogen (secondary N) is 2. The Hall–Kier alpha value is -5.48. The lowest BCUT2D eigenvalue weighted by Gasteiger charge is -2.27. The first kappa shape index (κ1) is 36.9. The van der Waals surface area contributed by atoms with E-state index in [1.807, 2.05) is 18.2 Å². The molecule has 0 bridgehead atoms. The molecule has 0 aromatic carbocycles. The van der Waals surface area contributed by atoms with Gasteiger partial charge >= 0.3 is 0 Å². The van der Waals surface area contributed by atoms with Crippen LogP contribution < -0.4 is 15.5 Å². The number of thiophene rings is 2. The summed E-state index contributed by atoms with van der Waals surface area (Å²) in [6, 6.07) is 15.6. The first-order valence-corrected chi connectivity index (χ1v) is 19.3. The molecule has 8 rings (SSSR count). The lowest BCUT2D eigenvalue weighted by molar-refractivity contribution is -0.116.